The van der Waals surface area contributed by atoms with Crippen LogP contribution in [0.2, 0.25) is 0 Å². The largest absolute Gasteiger partial charge is 0.426 e. The number of ether oxygens (including phenoxy) is 1. The maximum atomic E-state index is 12.4. The number of fused-ring (bicyclic) bond motifs is 3. The van der Waals surface area contributed by atoms with Crippen molar-refractivity contribution in [1.82, 2.24) is 0 Å². The molecule has 0 aliphatic heterocycles. The van der Waals surface area contributed by atoms with Gasteiger partial charge in [0.25, 0.3) is 0 Å². The van der Waals surface area contributed by atoms with Crippen molar-refractivity contribution in [2.24, 2.45) is 11.3 Å². The molecule has 96 valence electrons. The highest BCUT2D eigenvalue weighted by Gasteiger charge is 2.47. The fourth-order valence-corrected chi connectivity index (χ4v) is 3.54. The van der Waals surface area contributed by atoms with Gasteiger partial charge in [-0.2, -0.15) is 0 Å². The van der Waals surface area contributed by atoms with Crippen LogP contribution in [0.15, 0.2) is 28.7 Å². The molecule has 3 saturated carbocycles. The van der Waals surface area contributed by atoms with E-state index < -0.39 is 0 Å². The van der Waals surface area contributed by atoms with Crippen molar-refractivity contribution >= 4 is 21.9 Å². The van der Waals surface area contributed by atoms with E-state index in [2.05, 4.69) is 15.9 Å². The molecule has 0 heterocycles. The summed E-state index contributed by atoms with van der Waals surface area (Å²) in [5, 5.41) is 0. The summed E-state index contributed by atoms with van der Waals surface area (Å²) in [7, 11) is 0. The van der Waals surface area contributed by atoms with Crippen LogP contribution in [0.4, 0.5) is 0 Å². The number of rotatable bonds is 2. The third-order valence-corrected chi connectivity index (χ3v) is 5.08. The van der Waals surface area contributed by atoms with E-state index in [4.69, 9.17) is 4.74 Å². The summed E-state index contributed by atoms with van der Waals surface area (Å²) in [6.45, 7) is 0. The molecule has 4 rings (SSSR count). The van der Waals surface area contributed by atoms with Gasteiger partial charge < -0.3 is 4.74 Å². The maximum Gasteiger partial charge on any atom is 0.317 e. The van der Waals surface area contributed by atoms with Crippen molar-refractivity contribution < 1.29 is 9.53 Å². The minimum Gasteiger partial charge on any atom is -0.426 e. The first-order valence-corrected chi connectivity index (χ1v) is 7.45. The highest BCUT2D eigenvalue weighted by atomic mass is 79.9. The van der Waals surface area contributed by atoms with Gasteiger partial charge in [-0.15, -0.1) is 0 Å². The maximum absolute atomic E-state index is 12.4. The van der Waals surface area contributed by atoms with Crippen molar-refractivity contribution in [1.29, 1.82) is 0 Å². The first-order valence-electron chi connectivity index (χ1n) is 6.66. The van der Waals surface area contributed by atoms with Gasteiger partial charge in [-0.25, -0.2) is 0 Å². The zero-order chi connectivity index (χ0) is 12.6. The van der Waals surface area contributed by atoms with Crippen LogP contribution in [-0.2, 0) is 4.79 Å². The van der Waals surface area contributed by atoms with Crippen molar-refractivity contribution in [3.05, 3.63) is 28.7 Å². The lowest BCUT2D eigenvalue weighted by molar-refractivity contribution is -0.152. The Morgan fingerprint density at radius 3 is 2.22 bits per heavy atom. The second-order valence-electron chi connectivity index (χ2n) is 5.61. The number of hydrogen-bond acceptors (Lipinski definition) is 2. The summed E-state index contributed by atoms with van der Waals surface area (Å²) in [6, 6.07) is 7.48. The number of carbonyl (C=O) groups is 1. The van der Waals surface area contributed by atoms with Gasteiger partial charge in [0, 0.05) is 4.47 Å². The summed E-state index contributed by atoms with van der Waals surface area (Å²) in [5.41, 5.74) is -0.179. The van der Waals surface area contributed by atoms with Gasteiger partial charge in [-0.3, -0.25) is 4.79 Å². The molecular formula is C15H17BrO2. The lowest BCUT2D eigenvalue weighted by Gasteiger charge is -2.44. The zero-order valence-electron chi connectivity index (χ0n) is 10.3. The van der Waals surface area contributed by atoms with E-state index in [0.717, 1.165) is 29.7 Å². The Kier molecular flexibility index (Phi) is 3.18. The first kappa shape index (κ1) is 12.2. The minimum absolute atomic E-state index is 0.0111. The molecule has 0 atom stereocenters. The van der Waals surface area contributed by atoms with E-state index in [1.165, 1.54) is 19.3 Å². The van der Waals surface area contributed by atoms with Crippen LogP contribution in [-0.4, -0.2) is 5.97 Å². The lowest BCUT2D eigenvalue weighted by atomic mass is 9.61. The van der Waals surface area contributed by atoms with Crippen molar-refractivity contribution in [2.75, 3.05) is 0 Å². The average molecular weight is 309 g/mol. The average Bonchev–Trinajstić information content (AvgIpc) is 2.43. The monoisotopic (exact) mass is 308 g/mol. The Morgan fingerprint density at radius 1 is 1.11 bits per heavy atom. The van der Waals surface area contributed by atoms with E-state index in [9.17, 15) is 4.79 Å². The fourth-order valence-electron chi connectivity index (χ4n) is 3.27. The summed E-state index contributed by atoms with van der Waals surface area (Å²) in [5.74, 6) is 1.51. The third kappa shape index (κ3) is 2.20. The predicted octanol–water partition coefficient (Wildman–Crippen LogP) is 4.32. The van der Waals surface area contributed by atoms with E-state index >= 15 is 0 Å². The van der Waals surface area contributed by atoms with Crippen molar-refractivity contribution in [3.63, 3.8) is 0 Å². The van der Waals surface area contributed by atoms with Crippen molar-refractivity contribution in [2.45, 2.75) is 38.5 Å². The van der Waals surface area contributed by atoms with Crippen LogP contribution in [0.5, 0.6) is 5.75 Å². The molecule has 1 aromatic carbocycles. The summed E-state index contributed by atoms with van der Waals surface area (Å²) in [6.07, 6.45) is 6.67. The number of benzene rings is 1. The SMILES string of the molecule is O=C(Oc1ccc(Br)cc1)C12CCC(CC1)CC2. The van der Waals surface area contributed by atoms with Gasteiger partial charge in [-0.1, -0.05) is 15.9 Å². The molecule has 0 amide bonds. The molecule has 1 aromatic rings. The van der Waals surface area contributed by atoms with E-state index in [1.807, 2.05) is 24.3 Å². The van der Waals surface area contributed by atoms with Crippen molar-refractivity contribution in [3.8, 4) is 5.75 Å². The van der Waals surface area contributed by atoms with Crippen LogP contribution >= 0.6 is 15.9 Å². The molecule has 3 heteroatoms. The number of halogens is 1. The fraction of sp³-hybridized carbons (Fsp3) is 0.533. The predicted molar refractivity (Wildman–Crippen MR) is 73.4 cm³/mol. The lowest BCUT2D eigenvalue weighted by Crippen LogP contribution is -2.42. The van der Waals surface area contributed by atoms with Gasteiger partial charge in [0.2, 0.25) is 0 Å². The quantitative estimate of drug-likeness (QED) is 0.600. The second-order valence-corrected chi connectivity index (χ2v) is 6.52. The number of hydrogen-bond donors (Lipinski definition) is 0. The molecule has 0 saturated heterocycles. The molecule has 0 unspecified atom stereocenters. The smallest absolute Gasteiger partial charge is 0.317 e. The first-order chi connectivity index (χ1) is 8.68. The van der Waals surface area contributed by atoms with Crippen LogP contribution in [0.25, 0.3) is 0 Å². The third-order valence-electron chi connectivity index (χ3n) is 4.55. The highest BCUT2D eigenvalue weighted by Crippen LogP contribution is 2.50. The van der Waals surface area contributed by atoms with Crippen LogP contribution in [0.1, 0.15) is 38.5 Å². The van der Waals surface area contributed by atoms with Crippen LogP contribution < -0.4 is 4.74 Å². The van der Waals surface area contributed by atoms with Gasteiger partial charge in [0.1, 0.15) is 5.75 Å². The van der Waals surface area contributed by atoms with E-state index in [1.54, 1.807) is 0 Å². The molecule has 3 aliphatic rings. The number of esters is 1. The molecule has 3 aliphatic carbocycles. The highest BCUT2D eigenvalue weighted by molar-refractivity contribution is 9.10. The summed E-state index contributed by atoms with van der Waals surface area (Å²) in [4.78, 5) is 12.4. The normalized spacial score (nSPS) is 30.2. The number of carbonyl (C=O) groups excluding carboxylic acids is 1. The Bertz CT molecular complexity index is 430. The molecule has 0 spiro atoms. The van der Waals surface area contributed by atoms with Crippen LogP contribution in [0, 0.1) is 11.3 Å². The topological polar surface area (TPSA) is 26.3 Å². The Balaban J connectivity index is 1.72. The summed E-state index contributed by atoms with van der Waals surface area (Å²) < 4.78 is 6.57. The molecule has 0 N–H and O–H groups in total. The molecule has 0 radical (unpaired) electrons. The zero-order valence-corrected chi connectivity index (χ0v) is 11.9. The second kappa shape index (κ2) is 4.69. The van der Waals surface area contributed by atoms with Gasteiger partial charge in [-0.05, 0) is 68.7 Å². The summed E-state index contributed by atoms with van der Waals surface area (Å²) >= 11 is 3.38. The van der Waals surface area contributed by atoms with Gasteiger partial charge in [0.05, 0.1) is 5.41 Å². The minimum atomic E-state index is -0.179. The van der Waals surface area contributed by atoms with Gasteiger partial charge in [0.15, 0.2) is 0 Å². The molecule has 0 aromatic heterocycles. The molecule has 2 bridgehead atoms. The molecular weight excluding hydrogens is 292 g/mol. The van der Waals surface area contributed by atoms with E-state index in [0.29, 0.717) is 5.75 Å². The Hall–Kier alpha value is -0.830. The molecule has 18 heavy (non-hydrogen) atoms. The Labute approximate surface area is 116 Å². The van der Waals surface area contributed by atoms with Crippen LogP contribution in [0.3, 0.4) is 0 Å². The standard InChI is InChI=1S/C15H17BrO2/c16-12-1-3-13(4-2-12)18-14(17)15-8-5-11(6-9-15)7-10-15/h1-4,11H,5-10H2. The Morgan fingerprint density at radius 2 is 1.67 bits per heavy atom. The molecule has 2 nitrogen and oxygen atoms in total. The van der Waals surface area contributed by atoms with Gasteiger partial charge >= 0.3 is 5.97 Å². The molecule has 3 fully saturated rings. The van der Waals surface area contributed by atoms with E-state index in [-0.39, 0.29) is 11.4 Å².